The first kappa shape index (κ1) is 17.8. The number of benzene rings is 2. The molecular formula is C23H21N3O2. The Kier molecular flexibility index (Phi) is 5.06. The van der Waals surface area contributed by atoms with Crippen molar-refractivity contribution in [2.75, 3.05) is 11.4 Å². The summed E-state index contributed by atoms with van der Waals surface area (Å²) in [6.45, 7) is 2.90. The highest BCUT2D eigenvalue weighted by Crippen LogP contribution is 2.20. The van der Waals surface area contributed by atoms with E-state index in [0.717, 1.165) is 17.0 Å². The summed E-state index contributed by atoms with van der Waals surface area (Å²) in [5.74, 6) is 0.596. The zero-order valence-corrected chi connectivity index (χ0v) is 15.7. The lowest BCUT2D eigenvalue weighted by atomic mass is 10.1. The molecule has 0 atom stereocenters. The molecular weight excluding hydrogens is 350 g/mol. The average Bonchev–Trinajstić information content (AvgIpc) is 3.17. The van der Waals surface area contributed by atoms with Crippen LogP contribution in [0, 0.1) is 0 Å². The van der Waals surface area contributed by atoms with Gasteiger partial charge in [-0.05, 0) is 49.4 Å². The number of hydrogen-bond donors (Lipinski definition) is 0. The maximum Gasteiger partial charge on any atom is 0.258 e. The Balaban J connectivity index is 1.49. The number of para-hydroxylation sites is 1. The third kappa shape index (κ3) is 3.74. The molecule has 0 bridgehead atoms. The summed E-state index contributed by atoms with van der Waals surface area (Å²) in [6, 6.07) is 22.8. The summed E-state index contributed by atoms with van der Waals surface area (Å²) in [7, 11) is 0. The van der Waals surface area contributed by atoms with Crippen LogP contribution in [0.25, 0.3) is 5.65 Å². The molecule has 2 aromatic heterocycles. The summed E-state index contributed by atoms with van der Waals surface area (Å²) in [6.07, 6.45) is 3.90. The van der Waals surface area contributed by atoms with Gasteiger partial charge in [0.05, 0.1) is 5.69 Å². The third-order valence-corrected chi connectivity index (χ3v) is 4.51. The van der Waals surface area contributed by atoms with Gasteiger partial charge in [0.2, 0.25) is 0 Å². The van der Waals surface area contributed by atoms with Crippen LogP contribution in [0.1, 0.15) is 23.0 Å². The van der Waals surface area contributed by atoms with Crippen LogP contribution in [-0.4, -0.2) is 21.8 Å². The van der Waals surface area contributed by atoms with Gasteiger partial charge in [-0.2, -0.15) is 0 Å². The lowest BCUT2D eigenvalue weighted by molar-refractivity contribution is 0.0988. The zero-order chi connectivity index (χ0) is 19.3. The van der Waals surface area contributed by atoms with E-state index in [1.807, 2.05) is 90.4 Å². The van der Waals surface area contributed by atoms with Gasteiger partial charge < -0.3 is 14.0 Å². The number of carbonyl (C=O) groups excluding carboxylic acids is 1. The summed E-state index contributed by atoms with van der Waals surface area (Å²) < 4.78 is 7.84. The van der Waals surface area contributed by atoms with Crippen LogP contribution in [0.4, 0.5) is 5.69 Å². The molecule has 0 aliphatic heterocycles. The molecule has 5 nitrogen and oxygen atoms in total. The molecule has 2 aromatic carbocycles. The summed E-state index contributed by atoms with van der Waals surface area (Å²) in [5.41, 5.74) is 3.19. The van der Waals surface area contributed by atoms with E-state index >= 15 is 0 Å². The van der Waals surface area contributed by atoms with Crippen LogP contribution in [0.2, 0.25) is 0 Å². The summed E-state index contributed by atoms with van der Waals surface area (Å²) >= 11 is 0. The Bertz CT molecular complexity index is 1060. The van der Waals surface area contributed by atoms with Crippen molar-refractivity contribution in [3.63, 3.8) is 0 Å². The van der Waals surface area contributed by atoms with E-state index in [1.165, 1.54) is 0 Å². The molecule has 5 heteroatoms. The molecule has 1 amide bonds. The quantitative estimate of drug-likeness (QED) is 0.498. The second-order valence-electron chi connectivity index (χ2n) is 6.40. The number of nitrogens with zero attached hydrogens (tertiary/aromatic N) is 3. The van der Waals surface area contributed by atoms with Gasteiger partial charge in [0.15, 0.2) is 0 Å². The van der Waals surface area contributed by atoms with E-state index in [2.05, 4.69) is 4.98 Å². The van der Waals surface area contributed by atoms with Gasteiger partial charge in [0.1, 0.15) is 18.0 Å². The van der Waals surface area contributed by atoms with Crippen molar-refractivity contribution in [1.29, 1.82) is 0 Å². The van der Waals surface area contributed by atoms with Crippen molar-refractivity contribution >= 4 is 17.2 Å². The number of carbonyl (C=O) groups is 1. The molecule has 4 aromatic rings. The molecule has 0 aliphatic carbocycles. The Hall–Kier alpha value is -3.60. The third-order valence-electron chi connectivity index (χ3n) is 4.51. The Morgan fingerprint density at radius 1 is 1.04 bits per heavy atom. The number of fused-ring (bicyclic) bond motifs is 1. The number of hydrogen-bond acceptors (Lipinski definition) is 3. The first-order chi connectivity index (χ1) is 13.7. The number of rotatable bonds is 6. The lowest BCUT2D eigenvalue weighted by Crippen LogP contribution is -2.30. The molecule has 140 valence electrons. The van der Waals surface area contributed by atoms with E-state index in [1.54, 1.807) is 11.0 Å². The molecule has 0 saturated heterocycles. The van der Waals surface area contributed by atoms with Gasteiger partial charge in [-0.3, -0.25) is 4.79 Å². The van der Waals surface area contributed by atoms with Crippen molar-refractivity contribution in [2.45, 2.75) is 13.5 Å². The minimum absolute atomic E-state index is 0.0492. The Morgan fingerprint density at radius 2 is 1.86 bits per heavy atom. The predicted molar refractivity (Wildman–Crippen MR) is 110 cm³/mol. The van der Waals surface area contributed by atoms with E-state index in [4.69, 9.17) is 4.74 Å². The van der Waals surface area contributed by atoms with Crippen LogP contribution >= 0.6 is 0 Å². The molecule has 4 rings (SSSR count). The van der Waals surface area contributed by atoms with Gasteiger partial charge in [-0.15, -0.1) is 0 Å². The topological polar surface area (TPSA) is 46.8 Å². The molecule has 0 saturated carbocycles. The van der Waals surface area contributed by atoms with Crippen molar-refractivity contribution < 1.29 is 9.53 Å². The number of amides is 1. The number of anilines is 1. The van der Waals surface area contributed by atoms with E-state index in [0.29, 0.717) is 24.5 Å². The molecule has 0 aliphatic rings. The minimum Gasteiger partial charge on any atom is -0.487 e. The van der Waals surface area contributed by atoms with E-state index in [9.17, 15) is 4.79 Å². The lowest BCUT2D eigenvalue weighted by Gasteiger charge is -2.21. The average molecular weight is 371 g/mol. The van der Waals surface area contributed by atoms with Crippen LogP contribution in [0.3, 0.4) is 0 Å². The highest BCUT2D eigenvalue weighted by molar-refractivity contribution is 6.06. The van der Waals surface area contributed by atoms with Crippen molar-refractivity contribution in [1.82, 2.24) is 9.38 Å². The van der Waals surface area contributed by atoms with Gasteiger partial charge in [0, 0.05) is 30.2 Å². The van der Waals surface area contributed by atoms with E-state index < -0.39 is 0 Å². The molecule has 0 N–H and O–H groups in total. The van der Waals surface area contributed by atoms with Crippen LogP contribution in [-0.2, 0) is 6.61 Å². The van der Waals surface area contributed by atoms with Crippen LogP contribution in [0.15, 0.2) is 85.2 Å². The maximum atomic E-state index is 13.0. The Morgan fingerprint density at radius 3 is 2.64 bits per heavy atom. The van der Waals surface area contributed by atoms with Gasteiger partial charge in [0.25, 0.3) is 5.91 Å². The molecule has 28 heavy (non-hydrogen) atoms. The molecule has 0 unspecified atom stereocenters. The second kappa shape index (κ2) is 7.96. The monoisotopic (exact) mass is 371 g/mol. The largest absolute Gasteiger partial charge is 0.487 e. The standard InChI is InChI=1S/C23H21N3O2/c1-2-26(20-10-4-3-5-11-20)23(27)18-9-8-12-21(15-18)28-17-19-16-25-14-7-6-13-22(25)24-19/h3-16H,2,17H2,1H3. The van der Waals surface area contributed by atoms with Crippen LogP contribution < -0.4 is 9.64 Å². The highest BCUT2D eigenvalue weighted by Gasteiger charge is 2.16. The predicted octanol–water partition coefficient (Wildman–Crippen LogP) is 4.58. The number of imidazole rings is 1. The number of aromatic nitrogens is 2. The highest BCUT2D eigenvalue weighted by atomic mass is 16.5. The molecule has 0 radical (unpaired) electrons. The zero-order valence-electron chi connectivity index (χ0n) is 15.7. The number of ether oxygens (including phenoxy) is 1. The fourth-order valence-corrected chi connectivity index (χ4v) is 3.14. The first-order valence-electron chi connectivity index (χ1n) is 9.27. The first-order valence-corrected chi connectivity index (χ1v) is 9.27. The van der Waals surface area contributed by atoms with E-state index in [-0.39, 0.29) is 5.91 Å². The summed E-state index contributed by atoms with van der Waals surface area (Å²) in [4.78, 5) is 19.3. The smallest absolute Gasteiger partial charge is 0.258 e. The molecule has 0 fully saturated rings. The number of pyridine rings is 1. The van der Waals surface area contributed by atoms with Gasteiger partial charge in [-0.25, -0.2) is 4.98 Å². The SMILES string of the molecule is CCN(C(=O)c1cccc(OCc2cn3ccccc3n2)c1)c1ccccc1. The normalized spacial score (nSPS) is 10.8. The Labute approximate surface area is 163 Å². The van der Waals surface area contributed by atoms with Crippen molar-refractivity contribution in [2.24, 2.45) is 0 Å². The fraction of sp³-hybridized carbons (Fsp3) is 0.130. The minimum atomic E-state index is -0.0492. The van der Waals surface area contributed by atoms with Crippen molar-refractivity contribution in [3.8, 4) is 5.75 Å². The fourth-order valence-electron chi connectivity index (χ4n) is 3.14. The summed E-state index contributed by atoms with van der Waals surface area (Å²) in [5, 5.41) is 0. The van der Waals surface area contributed by atoms with Crippen LogP contribution in [0.5, 0.6) is 5.75 Å². The van der Waals surface area contributed by atoms with Gasteiger partial charge >= 0.3 is 0 Å². The second-order valence-corrected chi connectivity index (χ2v) is 6.40. The maximum absolute atomic E-state index is 13.0. The molecule has 0 spiro atoms. The van der Waals surface area contributed by atoms with Crippen molar-refractivity contribution in [3.05, 3.63) is 96.4 Å². The molecule has 2 heterocycles. The van der Waals surface area contributed by atoms with Gasteiger partial charge in [-0.1, -0.05) is 30.3 Å².